The molecule has 0 spiro atoms. The highest BCUT2D eigenvalue weighted by molar-refractivity contribution is 6.02. The number of aryl methyl sites for hydroxylation is 1. The normalized spacial score (nSPS) is 11.9. The molecular weight excluding hydrogens is 205 g/mol. The summed E-state index contributed by atoms with van der Waals surface area (Å²) in [7, 11) is 3.67. The molecule has 0 aromatic heterocycles. The fourth-order valence-corrected chi connectivity index (χ4v) is 1.29. The monoisotopic (exact) mass is 223 g/mol. The molecule has 2 nitrogen and oxygen atoms in total. The number of halogens is 1. The van der Waals surface area contributed by atoms with Crippen LogP contribution in [0, 0.1) is 12.7 Å². The number of ketones is 1. The average molecular weight is 223 g/mol. The van der Waals surface area contributed by atoms with Crippen LogP contribution in [-0.4, -0.2) is 30.3 Å². The van der Waals surface area contributed by atoms with Gasteiger partial charge in [0.15, 0.2) is 5.78 Å². The molecule has 0 heterocycles. The summed E-state index contributed by atoms with van der Waals surface area (Å²) in [4.78, 5) is 14.0. The van der Waals surface area contributed by atoms with Crippen molar-refractivity contribution in [3.63, 3.8) is 0 Å². The molecule has 16 heavy (non-hydrogen) atoms. The van der Waals surface area contributed by atoms with Gasteiger partial charge in [-0.15, -0.1) is 0 Å². The van der Waals surface area contributed by atoms with E-state index in [0.29, 0.717) is 11.1 Å². The number of benzene rings is 1. The number of hydrogen-bond acceptors (Lipinski definition) is 2. The van der Waals surface area contributed by atoms with Crippen molar-refractivity contribution in [1.29, 1.82) is 0 Å². The fourth-order valence-electron chi connectivity index (χ4n) is 1.29. The van der Waals surface area contributed by atoms with Gasteiger partial charge in [0.05, 0.1) is 5.54 Å². The van der Waals surface area contributed by atoms with Gasteiger partial charge in [-0.05, 0) is 46.5 Å². The minimum absolute atomic E-state index is 0.0728. The first-order valence-corrected chi connectivity index (χ1v) is 5.25. The molecular formula is C13H18FNO. The van der Waals surface area contributed by atoms with E-state index in [4.69, 9.17) is 0 Å². The van der Waals surface area contributed by atoms with Crippen molar-refractivity contribution in [3.8, 4) is 0 Å². The van der Waals surface area contributed by atoms with Crippen molar-refractivity contribution in [3.05, 3.63) is 35.1 Å². The minimum Gasteiger partial charge on any atom is -0.297 e. The summed E-state index contributed by atoms with van der Waals surface area (Å²) in [6.07, 6.45) is 0. The molecule has 3 heteroatoms. The molecule has 1 aromatic rings. The van der Waals surface area contributed by atoms with E-state index in [1.807, 2.05) is 32.8 Å². The first kappa shape index (κ1) is 12.8. The van der Waals surface area contributed by atoms with Crippen LogP contribution in [0.25, 0.3) is 0 Å². The molecule has 0 aliphatic rings. The quantitative estimate of drug-likeness (QED) is 0.734. The molecule has 0 bridgehead atoms. The Labute approximate surface area is 96.1 Å². The van der Waals surface area contributed by atoms with Crippen LogP contribution in [0.3, 0.4) is 0 Å². The number of nitrogens with zero attached hydrogens (tertiary/aromatic N) is 1. The third kappa shape index (κ3) is 2.30. The maximum absolute atomic E-state index is 13.4. The van der Waals surface area contributed by atoms with E-state index in [2.05, 4.69) is 0 Å². The highest BCUT2D eigenvalue weighted by Gasteiger charge is 2.30. The number of carbonyl (C=O) groups excluding carboxylic acids is 1. The van der Waals surface area contributed by atoms with Crippen LogP contribution in [0.1, 0.15) is 29.8 Å². The van der Waals surface area contributed by atoms with Crippen molar-refractivity contribution in [2.24, 2.45) is 0 Å². The number of carbonyl (C=O) groups is 1. The summed E-state index contributed by atoms with van der Waals surface area (Å²) >= 11 is 0. The van der Waals surface area contributed by atoms with Crippen molar-refractivity contribution in [2.45, 2.75) is 26.3 Å². The minimum atomic E-state index is -0.623. The summed E-state index contributed by atoms with van der Waals surface area (Å²) < 4.78 is 13.4. The molecule has 1 rings (SSSR count). The summed E-state index contributed by atoms with van der Waals surface area (Å²) in [5.41, 5.74) is 0.350. The Morgan fingerprint density at radius 3 is 2.31 bits per heavy atom. The molecule has 0 atom stereocenters. The van der Waals surface area contributed by atoms with Crippen molar-refractivity contribution >= 4 is 5.78 Å². The van der Waals surface area contributed by atoms with Crippen LogP contribution >= 0.6 is 0 Å². The van der Waals surface area contributed by atoms with E-state index >= 15 is 0 Å². The molecule has 1 aromatic carbocycles. The lowest BCUT2D eigenvalue weighted by Gasteiger charge is -2.30. The zero-order valence-corrected chi connectivity index (χ0v) is 10.5. The van der Waals surface area contributed by atoms with Gasteiger partial charge >= 0.3 is 0 Å². The van der Waals surface area contributed by atoms with Gasteiger partial charge in [0.2, 0.25) is 0 Å². The molecule has 0 saturated heterocycles. The highest BCUT2D eigenvalue weighted by atomic mass is 19.1. The van der Waals surface area contributed by atoms with E-state index in [9.17, 15) is 9.18 Å². The molecule has 0 aliphatic heterocycles. The molecule has 88 valence electrons. The molecule has 0 N–H and O–H groups in total. The largest absolute Gasteiger partial charge is 0.297 e. The van der Waals surface area contributed by atoms with Crippen LogP contribution < -0.4 is 0 Å². The number of Topliss-reactive ketones (excluding diaryl/α,β-unsaturated/α-hetero) is 1. The van der Waals surface area contributed by atoms with Gasteiger partial charge in [0, 0.05) is 5.56 Å². The van der Waals surface area contributed by atoms with Gasteiger partial charge in [0.25, 0.3) is 0 Å². The number of hydrogen-bond donors (Lipinski definition) is 0. The molecule has 0 saturated carbocycles. The fraction of sp³-hybridized carbons (Fsp3) is 0.462. The van der Waals surface area contributed by atoms with Gasteiger partial charge < -0.3 is 0 Å². The molecule has 0 aliphatic carbocycles. The summed E-state index contributed by atoms with van der Waals surface area (Å²) in [5, 5.41) is 0. The Balaban J connectivity index is 3.11. The zero-order valence-electron chi connectivity index (χ0n) is 10.5. The van der Waals surface area contributed by atoms with E-state index in [-0.39, 0.29) is 11.6 Å². The van der Waals surface area contributed by atoms with E-state index in [0.717, 1.165) is 0 Å². The summed E-state index contributed by atoms with van der Waals surface area (Å²) in [6, 6.07) is 4.61. The van der Waals surface area contributed by atoms with Crippen molar-refractivity contribution in [2.75, 3.05) is 14.1 Å². The standard InChI is InChI=1S/C13H18FNO/c1-9-6-7-10(8-11(9)14)12(16)13(2,3)15(4)5/h6-8H,1-5H3. The second kappa shape index (κ2) is 4.34. The van der Waals surface area contributed by atoms with Crippen molar-refractivity contribution in [1.82, 2.24) is 4.90 Å². The smallest absolute Gasteiger partial charge is 0.182 e. The molecule has 0 amide bonds. The second-order valence-electron chi connectivity index (χ2n) is 4.75. The average Bonchev–Trinajstić information content (AvgIpc) is 2.20. The van der Waals surface area contributed by atoms with Crippen LogP contribution in [0.5, 0.6) is 0 Å². The summed E-state index contributed by atoms with van der Waals surface area (Å²) in [6.45, 7) is 5.33. The first-order chi connectivity index (χ1) is 7.26. The van der Waals surface area contributed by atoms with Crippen LogP contribution in [0.15, 0.2) is 18.2 Å². The predicted octanol–water partition coefficient (Wildman–Crippen LogP) is 2.66. The highest BCUT2D eigenvalue weighted by Crippen LogP contribution is 2.19. The van der Waals surface area contributed by atoms with Gasteiger partial charge in [-0.2, -0.15) is 0 Å². The van der Waals surface area contributed by atoms with E-state index in [1.54, 1.807) is 19.1 Å². The maximum Gasteiger partial charge on any atom is 0.182 e. The Hall–Kier alpha value is -1.22. The lowest BCUT2D eigenvalue weighted by molar-refractivity contribution is 0.0755. The summed E-state index contributed by atoms with van der Waals surface area (Å²) in [5.74, 6) is -0.406. The van der Waals surface area contributed by atoms with Crippen molar-refractivity contribution < 1.29 is 9.18 Å². The predicted molar refractivity (Wildman–Crippen MR) is 63.2 cm³/mol. The third-order valence-electron chi connectivity index (χ3n) is 3.11. The topological polar surface area (TPSA) is 20.3 Å². The lowest BCUT2D eigenvalue weighted by Crippen LogP contribution is -2.45. The third-order valence-corrected chi connectivity index (χ3v) is 3.11. The molecule has 0 fully saturated rings. The van der Waals surface area contributed by atoms with Gasteiger partial charge in [-0.3, -0.25) is 9.69 Å². The lowest BCUT2D eigenvalue weighted by atomic mass is 9.91. The van der Waals surface area contributed by atoms with Crippen LogP contribution in [-0.2, 0) is 0 Å². The van der Waals surface area contributed by atoms with Crippen LogP contribution in [0.2, 0.25) is 0 Å². The Morgan fingerprint density at radius 2 is 1.88 bits per heavy atom. The Kier molecular flexibility index (Phi) is 3.48. The van der Waals surface area contributed by atoms with E-state index < -0.39 is 5.54 Å². The number of rotatable bonds is 3. The Morgan fingerprint density at radius 1 is 1.31 bits per heavy atom. The second-order valence-corrected chi connectivity index (χ2v) is 4.75. The van der Waals surface area contributed by atoms with Gasteiger partial charge in [0.1, 0.15) is 5.82 Å². The van der Waals surface area contributed by atoms with Crippen LogP contribution in [0.4, 0.5) is 4.39 Å². The molecule has 0 unspecified atom stereocenters. The van der Waals surface area contributed by atoms with Gasteiger partial charge in [-0.25, -0.2) is 4.39 Å². The first-order valence-electron chi connectivity index (χ1n) is 5.25. The van der Waals surface area contributed by atoms with E-state index in [1.165, 1.54) is 6.07 Å². The Bertz CT molecular complexity index is 410. The maximum atomic E-state index is 13.4. The number of likely N-dealkylation sites (N-methyl/N-ethyl adjacent to an activating group) is 1. The van der Waals surface area contributed by atoms with Gasteiger partial charge in [-0.1, -0.05) is 12.1 Å². The molecule has 0 radical (unpaired) electrons. The zero-order chi connectivity index (χ0) is 12.5. The SMILES string of the molecule is Cc1ccc(C(=O)C(C)(C)N(C)C)cc1F.